The summed E-state index contributed by atoms with van der Waals surface area (Å²) in [6, 6.07) is 20.1. The van der Waals surface area contributed by atoms with Crippen LogP contribution in [0.5, 0.6) is 11.5 Å². The monoisotopic (exact) mass is 767 g/mol. The van der Waals surface area contributed by atoms with Gasteiger partial charge in [0, 0.05) is 51.9 Å². The number of nitrogens with zero attached hydrogens (tertiary/aromatic N) is 5. The molecule has 2 saturated heterocycles. The predicted octanol–water partition coefficient (Wildman–Crippen LogP) is 4.27. The highest BCUT2D eigenvalue weighted by molar-refractivity contribution is 9.10. The van der Waals surface area contributed by atoms with Crippen molar-refractivity contribution in [3.63, 3.8) is 0 Å². The number of carbonyl (C=O) groups is 4. The number of likely N-dealkylation sites (N-methyl/N-ethyl adjacent to an activating group) is 1. The number of amides is 4. The van der Waals surface area contributed by atoms with Gasteiger partial charge in [-0.05, 0) is 89.3 Å². The number of carbonyl (C=O) groups excluding carboxylic acids is 4. The third kappa shape index (κ3) is 6.95. The van der Waals surface area contributed by atoms with E-state index in [-0.39, 0.29) is 41.3 Å². The maximum absolute atomic E-state index is 13.4. The summed E-state index contributed by atoms with van der Waals surface area (Å²) in [6.45, 7) is 2.48. The van der Waals surface area contributed by atoms with Gasteiger partial charge in [-0.15, -0.1) is 0 Å². The van der Waals surface area contributed by atoms with Crippen molar-refractivity contribution >= 4 is 50.9 Å². The third-order valence-electron chi connectivity index (χ3n) is 9.88. The summed E-state index contributed by atoms with van der Waals surface area (Å²) in [5.41, 5.74) is 4.17. The molecule has 2 fully saturated rings. The minimum Gasteiger partial charge on any atom is -0.457 e. The Kier molecular flexibility index (Phi) is 9.68. The van der Waals surface area contributed by atoms with Gasteiger partial charge in [0.1, 0.15) is 22.0 Å². The Morgan fingerprint density at radius 1 is 0.962 bits per heavy atom. The van der Waals surface area contributed by atoms with Gasteiger partial charge in [0.05, 0.1) is 23.0 Å². The highest BCUT2D eigenvalue weighted by atomic mass is 79.9. The molecule has 3 aliphatic heterocycles. The quantitative estimate of drug-likeness (QED) is 0.237. The molecule has 0 saturated carbocycles. The van der Waals surface area contributed by atoms with Crippen LogP contribution in [-0.2, 0) is 23.2 Å². The lowest BCUT2D eigenvalue weighted by Crippen LogP contribution is -2.54. The minimum atomic E-state index is -1.05. The summed E-state index contributed by atoms with van der Waals surface area (Å²) in [7, 11) is 5.75. The van der Waals surface area contributed by atoms with Crippen molar-refractivity contribution in [2.75, 3.05) is 37.4 Å². The predicted molar refractivity (Wildman–Crippen MR) is 198 cm³/mol. The standard InChI is InChI=1S/C38H38BrN7O6/c1-43-20-24(17-25(21-43)41-29-18-40-45(3)38(51)34(29)39)23-9-7-22(8-10-23)19-44(2)26-11-13-27(14-12-26)52-31-6-4-5-28-33(31)37(50)46(36(28)49)30-15-16-32(47)42-35(30)48/h4-14,18,24-25,30,41H,15-17,19-21H2,1-3H3,(H,42,47,48). The number of fused-ring (bicyclic) bond motifs is 1. The van der Waals surface area contributed by atoms with Crippen LogP contribution in [-0.4, -0.2) is 82.5 Å². The van der Waals surface area contributed by atoms with E-state index in [0.717, 1.165) is 35.7 Å². The lowest BCUT2D eigenvalue weighted by atomic mass is 9.87. The Morgan fingerprint density at radius 3 is 2.44 bits per heavy atom. The van der Waals surface area contributed by atoms with E-state index in [1.807, 2.05) is 19.2 Å². The number of benzene rings is 3. The van der Waals surface area contributed by atoms with E-state index in [2.05, 4.69) is 72.8 Å². The van der Waals surface area contributed by atoms with Gasteiger partial charge in [-0.25, -0.2) is 4.68 Å². The van der Waals surface area contributed by atoms with E-state index >= 15 is 0 Å². The molecule has 13 nitrogen and oxygen atoms in total. The summed E-state index contributed by atoms with van der Waals surface area (Å²) < 4.78 is 7.90. The first kappa shape index (κ1) is 35.1. The summed E-state index contributed by atoms with van der Waals surface area (Å²) >= 11 is 3.42. The maximum atomic E-state index is 13.4. The van der Waals surface area contributed by atoms with Gasteiger partial charge < -0.3 is 19.9 Å². The normalized spacial score (nSPS) is 20.5. The fourth-order valence-corrected chi connectivity index (χ4v) is 7.70. The topological polar surface area (TPSA) is 146 Å². The Balaban J connectivity index is 0.975. The average Bonchev–Trinajstić information content (AvgIpc) is 3.38. The number of halogens is 1. The molecule has 0 spiro atoms. The van der Waals surface area contributed by atoms with Gasteiger partial charge in [0.2, 0.25) is 11.8 Å². The van der Waals surface area contributed by atoms with E-state index in [1.54, 1.807) is 37.5 Å². The zero-order chi connectivity index (χ0) is 36.7. The maximum Gasteiger partial charge on any atom is 0.282 e. The highest BCUT2D eigenvalue weighted by Gasteiger charge is 2.46. The summed E-state index contributed by atoms with van der Waals surface area (Å²) in [6.07, 6.45) is 2.74. The molecule has 268 valence electrons. The second kappa shape index (κ2) is 14.4. The van der Waals surface area contributed by atoms with Crippen LogP contribution in [0.2, 0.25) is 0 Å². The molecule has 3 atom stereocenters. The van der Waals surface area contributed by atoms with Crippen molar-refractivity contribution in [2.24, 2.45) is 7.05 Å². The van der Waals surface area contributed by atoms with Crippen molar-refractivity contribution in [1.29, 1.82) is 0 Å². The number of imide groups is 2. The van der Waals surface area contributed by atoms with Gasteiger partial charge >= 0.3 is 0 Å². The number of ether oxygens (including phenoxy) is 1. The first-order valence-electron chi connectivity index (χ1n) is 17.1. The first-order valence-corrected chi connectivity index (χ1v) is 17.9. The molecule has 2 N–H and O–H groups in total. The molecule has 3 aromatic carbocycles. The van der Waals surface area contributed by atoms with E-state index in [4.69, 9.17) is 4.74 Å². The lowest BCUT2D eigenvalue weighted by molar-refractivity contribution is -0.136. The Hall–Kier alpha value is -5.34. The molecule has 0 radical (unpaired) electrons. The van der Waals surface area contributed by atoms with E-state index in [9.17, 15) is 24.0 Å². The molecule has 1 aromatic heterocycles. The Bertz CT molecular complexity index is 2120. The Morgan fingerprint density at radius 2 is 1.71 bits per heavy atom. The van der Waals surface area contributed by atoms with Crippen molar-refractivity contribution < 1.29 is 23.9 Å². The molecule has 0 aliphatic carbocycles. The number of aryl methyl sites for hydroxylation is 1. The van der Waals surface area contributed by atoms with Gasteiger partial charge in [0.25, 0.3) is 17.4 Å². The molecule has 4 aromatic rings. The van der Waals surface area contributed by atoms with E-state index < -0.39 is 29.7 Å². The molecule has 4 heterocycles. The molecular formula is C38H38BrN7O6. The molecule has 14 heteroatoms. The zero-order valence-electron chi connectivity index (χ0n) is 29.0. The molecule has 3 aliphatic rings. The molecule has 4 amide bonds. The fourth-order valence-electron chi connectivity index (χ4n) is 7.22. The van der Waals surface area contributed by atoms with Crippen LogP contribution in [0.1, 0.15) is 57.0 Å². The number of hydrogen-bond donors (Lipinski definition) is 2. The zero-order valence-corrected chi connectivity index (χ0v) is 30.6. The molecule has 7 rings (SSSR count). The molecule has 0 bridgehead atoms. The number of piperidine rings is 2. The van der Waals surface area contributed by atoms with Crippen LogP contribution in [0.4, 0.5) is 11.4 Å². The van der Waals surface area contributed by atoms with Crippen molar-refractivity contribution in [2.45, 2.75) is 43.8 Å². The van der Waals surface area contributed by atoms with Crippen LogP contribution in [0.25, 0.3) is 0 Å². The average molecular weight is 769 g/mol. The van der Waals surface area contributed by atoms with Gasteiger partial charge in [-0.3, -0.25) is 34.2 Å². The van der Waals surface area contributed by atoms with E-state index in [1.165, 1.54) is 16.3 Å². The Labute approximate surface area is 308 Å². The lowest BCUT2D eigenvalue weighted by Gasteiger charge is -2.37. The number of hydrogen-bond acceptors (Lipinski definition) is 10. The molecule has 3 unspecified atom stereocenters. The number of likely N-dealkylation sites (tertiary alicyclic amines) is 1. The van der Waals surface area contributed by atoms with Crippen LogP contribution >= 0.6 is 15.9 Å². The van der Waals surface area contributed by atoms with Crippen LogP contribution in [0.15, 0.2) is 82.2 Å². The van der Waals surface area contributed by atoms with Crippen molar-refractivity contribution in [3.05, 3.63) is 110 Å². The first-order chi connectivity index (χ1) is 25.0. The number of nitrogens with one attached hydrogen (secondary N) is 2. The molecule has 52 heavy (non-hydrogen) atoms. The largest absolute Gasteiger partial charge is 0.457 e. The molecular weight excluding hydrogens is 730 g/mol. The SMILES string of the molecule is CN1CC(Nc2cnn(C)c(=O)c2Br)CC(c2ccc(CN(C)c3ccc(Oc4cccc5c4C(=O)N(C4CCC(=O)NC4=O)C5=O)cc3)cc2)C1. The summed E-state index contributed by atoms with van der Waals surface area (Å²) in [5, 5.41) is 9.89. The van der Waals surface area contributed by atoms with Crippen LogP contribution in [0, 0.1) is 0 Å². The van der Waals surface area contributed by atoms with Crippen molar-refractivity contribution in [3.8, 4) is 11.5 Å². The minimum absolute atomic E-state index is 0.0496. The summed E-state index contributed by atoms with van der Waals surface area (Å²) in [4.78, 5) is 68.4. The van der Waals surface area contributed by atoms with Crippen molar-refractivity contribution in [1.82, 2.24) is 24.9 Å². The number of aromatic nitrogens is 2. The van der Waals surface area contributed by atoms with Gasteiger partial charge in [0.15, 0.2) is 0 Å². The smallest absolute Gasteiger partial charge is 0.282 e. The second-order valence-corrected chi connectivity index (χ2v) is 14.4. The fraction of sp³-hybridized carbons (Fsp3) is 0.316. The van der Waals surface area contributed by atoms with Gasteiger partial charge in [-0.2, -0.15) is 5.10 Å². The number of anilines is 2. The summed E-state index contributed by atoms with van der Waals surface area (Å²) in [5.74, 6) is -1.26. The van der Waals surface area contributed by atoms with E-state index in [0.29, 0.717) is 28.4 Å². The number of rotatable bonds is 9. The second-order valence-electron chi connectivity index (χ2n) is 13.6. The van der Waals surface area contributed by atoms with Gasteiger partial charge in [-0.1, -0.05) is 30.3 Å². The highest BCUT2D eigenvalue weighted by Crippen LogP contribution is 2.36. The third-order valence-corrected chi connectivity index (χ3v) is 10.6. The van der Waals surface area contributed by atoms with Crippen LogP contribution in [0.3, 0.4) is 0 Å². The van der Waals surface area contributed by atoms with Crippen LogP contribution < -0.4 is 25.8 Å².